The van der Waals surface area contributed by atoms with E-state index in [0.717, 1.165) is 54.8 Å². The molecule has 0 bridgehead atoms. The third-order valence-electron chi connectivity index (χ3n) is 5.60. The lowest BCUT2D eigenvalue weighted by Gasteiger charge is -2.27. The van der Waals surface area contributed by atoms with Gasteiger partial charge in [-0.15, -0.1) is 11.3 Å². The van der Waals surface area contributed by atoms with E-state index in [9.17, 15) is 9.59 Å². The second-order valence-corrected chi connectivity index (χ2v) is 8.44. The van der Waals surface area contributed by atoms with Crippen LogP contribution < -0.4 is 10.5 Å². The summed E-state index contributed by atoms with van der Waals surface area (Å²) in [5.74, 6) is 0.728. The van der Waals surface area contributed by atoms with Gasteiger partial charge in [0, 0.05) is 17.7 Å². The molecule has 2 N–H and O–H groups in total. The largest absolute Gasteiger partial charge is 0.466 e. The Kier molecular flexibility index (Phi) is 5.09. The fourth-order valence-corrected chi connectivity index (χ4v) is 5.51. The maximum Gasteiger partial charge on any atom is 0.309 e. The first-order valence-corrected chi connectivity index (χ1v) is 10.5. The summed E-state index contributed by atoms with van der Waals surface area (Å²) in [5, 5.41) is 0.824. The van der Waals surface area contributed by atoms with Crippen molar-refractivity contribution >= 4 is 27.5 Å². The van der Waals surface area contributed by atoms with E-state index in [1.165, 1.54) is 28.2 Å². The lowest BCUT2D eigenvalue weighted by Crippen LogP contribution is -3.12. The number of nitrogens with zero attached hydrogens (tertiary/aromatic N) is 1. The zero-order chi connectivity index (χ0) is 18.1. The van der Waals surface area contributed by atoms with E-state index in [1.807, 2.05) is 6.92 Å². The molecule has 2 aromatic heterocycles. The van der Waals surface area contributed by atoms with Crippen molar-refractivity contribution in [2.75, 3.05) is 19.7 Å². The lowest BCUT2D eigenvalue weighted by atomic mass is 9.97. The molecule has 0 spiro atoms. The van der Waals surface area contributed by atoms with Crippen molar-refractivity contribution in [3.8, 4) is 0 Å². The number of esters is 1. The number of carbonyl (C=O) groups excluding carboxylic acids is 1. The molecular weight excluding hydrogens is 350 g/mol. The molecule has 7 heteroatoms. The summed E-state index contributed by atoms with van der Waals surface area (Å²) in [6.07, 6.45) is 6.15. The molecule has 2 aliphatic rings. The molecule has 3 heterocycles. The fourth-order valence-electron chi connectivity index (χ4n) is 4.23. The van der Waals surface area contributed by atoms with Crippen LogP contribution in [0.1, 0.15) is 48.9 Å². The van der Waals surface area contributed by atoms with Crippen molar-refractivity contribution in [3.63, 3.8) is 0 Å². The number of piperidine rings is 1. The molecule has 0 aromatic carbocycles. The first-order valence-electron chi connectivity index (χ1n) is 9.69. The molecule has 0 saturated carbocycles. The molecule has 0 atom stereocenters. The molecule has 1 aliphatic carbocycles. The number of likely N-dealkylation sites (tertiary alicyclic amines) is 1. The SMILES string of the molecule is CCOC(=O)C1CC[NH+](Cc2nc3sc4c(c3c(=O)[nH]2)CCCC4)CC1. The zero-order valence-electron chi connectivity index (χ0n) is 15.2. The Balaban J connectivity index is 1.47. The van der Waals surface area contributed by atoms with Crippen LogP contribution in [-0.2, 0) is 28.9 Å². The predicted octanol–water partition coefficient (Wildman–Crippen LogP) is 1.22. The van der Waals surface area contributed by atoms with Crippen LogP contribution in [-0.4, -0.2) is 35.6 Å². The van der Waals surface area contributed by atoms with Gasteiger partial charge in [0.05, 0.1) is 31.0 Å². The number of aromatic amines is 1. The Morgan fingerprint density at radius 1 is 1.31 bits per heavy atom. The smallest absolute Gasteiger partial charge is 0.309 e. The molecule has 0 radical (unpaired) electrons. The van der Waals surface area contributed by atoms with E-state index in [2.05, 4.69) is 4.98 Å². The number of fused-ring (bicyclic) bond motifs is 3. The van der Waals surface area contributed by atoms with Crippen LogP contribution in [0.15, 0.2) is 4.79 Å². The van der Waals surface area contributed by atoms with Gasteiger partial charge in [-0.3, -0.25) is 9.59 Å². The Bertz CT molecular complexity index is 865. The molecular formula is C19H26N3O3S+. The predicted molar refractivity (Wildman–Crippen MR) is 101 cm³/mol. The van der Waals surface area contributed by atoms with E-state index < -0.39 is 0 Å². The second kappa shape index (κ2) is 7.48. The second-order valence-electron chi connectivity index (χ2n) is 7.36. The minimum Gasteiger partial charge on any atom is -0.466 e. The number of rotatable bonds is 4. The zero-order valence-corrected chi connectivity index (χ0v) is 16.0. The normalized spacial score (nSPS) is 23.0. The van der Waals surface area contributed by atoms with Gasteiger partial charge in [-0.25, -0.2) is 4.98 Å². The molecule has 1 aliphatic heterocycles. The lowest BCUT2D eigenvalue weighted by molar-refractivity contribution is -0.920. The number of hydrogen-bond donors (Lipinski definition) is 2. The highest BCUT2D eigenvalue weighted by Crippen LogP contribution is 2.33. The molecule has 2 aromatic rings. The number of quaternary nitrogens is 1. The minimum absolute atomic E-state index is 0.0187. The van der Waals surface area contributed by atoms with E-state index in [4.69, 9.17) is 9.72 Å². The number of hydrogen-bond acceptors (Lipinski definition) is 5. The average Bonchev–Trinajstić information content (AvgIpc) is 3.01. The van der Waals surface area contributed by atoms with Gasteiger partial charge in [-0.05, 0) is 38.2 Å². The van der Waals surface area contributed by atoms with Gasteiger partial charge in [0.15, 0.2) is 5.82 Å². The van der Waals surface area contributed by atoms with Crippen LogP contribution in [0, 0.1) is 5.92 Å². The van der Waals surface area contributed by atoms with Crippen molar-refractivity contribution in [2.24, 2.45) is 5.92 Å². The van der Waals surface area contributed by atoms with Crippen LogP contribution >= 0.6 is 11.3 Å². The molecule has 6 nitrogen and oxygen atoms in total. The highest BCUT2D eigenvalue weighted by molar-refractivity contribution is 7.18. The molecule has 0 amide bonds. The third-order valence-corrected chi connectivity index (χ3v) is 6.79. The fraction of sp³-hybridized carbons (Fsp3) is 0.632. The Hall–Kier alpha value is -1.73. The quantitative estimate of drug-likeness (QED) is 0.787. The van der Waals surface area contributed by atoms with E-state index in [0.29, 0.717) is 13.2 Å². The molecule has 1 saturated heterocycles. The van der Waals surface area contributed by atoms with Gasteiger partial charge in [-0.1, -0.05) is 0 Å². The van der Waals surface area contributed by atoms with Crippen LogP contribution in [0.2, 0.25) is 0 Å². The third kappa shape index (κ3) is 3.42. The van der Waals surface area contributed by atoms with Crippen LogP contribution in [0.4, 0.5) is 0 Å². The first kappa shape index (κ1) is 17.7. The minimum atomic E-state index is -0.0660. The van der Waals surface area contributed by atoms with Crippen molar-refractivity contribution in [3.05, 3.63) is 26.6 Å². The molecule has 0 unspecified atom stereocenters. The van der Waals surface area contributed by atoms with Crippen LogP contribution in [0.3, 0.4) is 0 Å². The summed E-state index contributed by atoms with van der Waals surface area (Å²) in [5.41, 5.74) is 1.25. The highest BCUT2D eigenvalue weighted by Gasteiger charge is 2.29. The molecule has 1 fully saturated rings. The molecule has 26 heavy (non-hydrogen) atoms. The van der Waals surface area contributed by atoms with Crippen molar-refractivity contribution < 1.29 is 14.4 Å². The van der Waals surface area contributed by atoms with Crippen molar-refractivity contribution in [1.29, 1.82) is 0 Å². The maximum atomic E-state index is 12.6. The van der Waals surface area contributed by atoms with Crippen LogP contribution in [0.25, 0.3) is 10.2 Å². The van der Waals surface area contributed by atoms with Gasteiger partial charge < -0.3 is 14.6 Å². The first-order chi connectivity index (χ1) is 12.7. The van der Waals surface area contributed by atoms with E-state index in [-0.39, 0.29) is 17.4 Å². The number of thiophene rings is 1. The summed E-state index contributed by atoms with van der Waals surface area (Å²) in [6.45, 7) is 4.82. The summed E-state index contributed by atoms with van der Waals surface area (Å²) >= 11 is 1.70. The number of H-pyrrole nitrogens is 1. The Morgan fingerprint density at radius 3 is 2.85 bits per heavy atom. The summed E-state index contributed by atoms with van der Waals surface area (Å²) in [7, 11) is 0. The summed E-state index contributed by atoms with van der Waals surface area (Å²) in [6, 6.07) is 0. The maximum absolute atomic E-state index is 12.6. The average molecular weight is 377 g/mol. The monoisotopic (exact) mass is 376 g/mol. The van der Waals surface area contributed by atoms with Crippen LogP contribution in [0.5, 0.6) is 0 Å². The van der Waals surface area contributed by atoms with Gasteiger partial charge in [0.1, 0.15) is 11.4 Å². The number of aryl methyl sites for hydroxylation is 2. The summed E-state index contributed by atoms with van der Waals surface area (Å²) < 4.78 is 5.13. The van der Waals surface area contributed by atoms with Gasteiger partial charge in [-0.2, -0.15) is 0 Å². The van der Waals surface area contributed by atoms with E-state index in [1.54, 1.807) is 11.3 Å². The van der Waals surface area contributed by atoms with Gasteiger partial charge in [0.2, 0.25) is 0 Å². The summed E-state index contributed by atoms with van der Waals surface area (Å²) in [4.78, 5) is 35.9. The Labute approximate surface area is 156 Å². The van der Waals surface area contributed by atoms with Gasteiger partial charge >= 0.3 is 5.97 Å². The van der Waals surface area contributed by atoms with Crippen molar-refractivity contribution in [1.82, 2.24) is 9.97 Å². The van der Waals surface area contributed by atoms with Crippen molar-refractivity contribution in [2.45, 2.75) is 52.0 Å². The number of nitrogens with one attached hydrogen (secondary N) is 2. The molecule has 140 valence electrons. The Morgan fingerprint density at radius 2 is 2.08 bits per heavy atom. The van der Waals surface area contributed by atoms with E-state index >= 15 is 0 Å². The number of ether oxygens (including phenoxy) is 1. The number of aromatic nitrogens is 2. The number of carbonyl (C=O) groups is 1. The van der Waals surface area contributed by atoms with Gasteiger partial charge in [0.25, 0.3) is 5.56 Å². The topological polar surface area (TPSA) is 76.5 Å². The highest BCUT2D eigenvalue weighted by atomic mass is 32.1. The molecule has 4 rings (SSSR count). The standard InChI is InChI=1S/C19H25N3O3S/c1-2-25-19(24)12-7-9-22(10-8-12)11-15-20-17(23)16-13-5-3-4-6-14(13)26-18(16)21-15/h12H,2-11H2,1H3,(H,20,21,23)/p+1.